The number of H-pyrrole nitrogens is 1. The van der Waals surface area contributed by atoms with Gasteiger partial charge in [-0.3, -0.25) is 4.90 Å². The van der Waals surface area contributed by atoms with E-state index in [1.54, 1.807) is 6.20 Å². The number of hydrogen-bond donors (Lipinski definition) is 3. The first-order valence-electron chi connectivity index (χ1n) is 8.00. The highest BCUT2D eigenvalue weighted by molar-refractivity contribution is 4.93. The normalized spacial score (nSPS) is 23.8. The van der Waals surface area contributed by atoms with Crippen LogP contribution in [0.5, 0.6) is 0 Å². The SMILES string of the molecule is CC(C)(C)C1CC(CNCc2cn[nH]n2)N(CCCN)C1. The molecule has 6 nitrogen and oxygen atoms in total. The highest BCUT2D eigenvalue weighted by Gasteiger charge is 2.37. The van der Waals surface area contributed by atoms with Crippen LogP contribution in [0.15, 0.2) is 6.20 Å². The maximum Gasteiger partial charge on any atom is 0.0962 e. The first-order valence-corrected chi connectivity index (χ1v) is 8.00. The number of aromatic nitrogens is 3. The molecule has 1 aromatic rings. The maximum absolute atomic E-state index is 5.68. The molecule has 0 aliphatic carbocycles. The van der Waals surface area contributed by atoms with Gasteiger partial charge in [0.15, 0.2) is 0 Å². The summed E-state index contributed by atoms with van der Waals surface area (Å²) in [5.74, 6) is 0.758. The Bertz CT molecular complexity index is 397. The van der Waals surface area contributed by atoms with Crippen LogP contribution < -0.4 is 11.1 Å². The molecule has 6 heteroatoms. The molecule has 1 saturated heterocycles. The van der Waals surface area contributed by atoms with E-state index in [-0.39, 0.29) is 0 Å². The lowest BCUT2D eigenvalue weighted by molar-refractivity contribution is 0.216. The van der Waals surface area contributed by atoms with Gasteiger partial charge in [0.05, 0.1) is 11.9 Å². The van der Waals surface area contributed by atoms with Gasteiger partial charge in [-0.25, -0.2) is 0 Å². The number of rotatable bonds is 7. The fourth-order valence-electron chi connectivity index (χ4n) is 3.07. The quantitative estimate of drug-likeness (QED) is 0.698. The summed E-state index contributed by atoms with van der Waals surface area (Å²) in [6.45, 7) is 11.9. The predicted octanol–water partition coefficient (Wildman–Crippen LogP) is 0.980. The lowest BCUT2D eigenvalue weighted by atomic mass is 9.79. The molecule has 2 atom stereocenters. The molecular formula is C15H30N6. The molecule has 0 saturated carbocycles. The standard InChI is InChI=1S/C15H30N6/c1-15(2,3)12-7-14(21(11-12)6-4-5-16)10-17-8-13-9-18-20-19-13/h9,12,14,17H,4-8,10-11,16H2,1-3H3,(H,18,19,20). The van der Waals surface area contributed by atoms with E-state index in [0.717, 1.165) is 44.2 Å². The van der Waals surface area contributed by atoms with Crippen molar-refractivity contribution in [2.75, 3.05) is 26.2 Å². The van der Waals surface area contributed by atoms with Crippen molar-refractivity contribution in [3.8, 4) is 0 Å². The minimum atomic E-state index is 0.377. The van der Waals surface area contributed by atoms with Crippen LogP contribution in [0.4, 0.5) is 0 Å². The number of nitrogens with zero attached hydrogens (tertiary/aromatic N) is 3. The molecule has 1 fully saturated rings. The predicted molar refractivity (Wildman–Crippen MR) is 84.7 cm³/mol. The third kappa shape index (κ3) is 4.76. The van der Waals surface area contributed by atoms with Crippen molar-refractivity contribution in [3.63, 3.8) is 0 Å². The van der Waals surface area contributed by atoms with Gasteiger partial charge >= 0.3 is 0 Å². The van der Waals surface area contributed by atoms with Crippen molar-refractivity contribution in [2.45, 2.75) is 46.2 Å². The van der Waals surface area contributed by atoms with Crippen molar-refractivity contribution < 1.29 is 0 Å². The summed E-state index contributed by atoms with van der Waals surface area (Å²) in [6, 6.07) is 0.604. The van der Waals surface area contributed by atoms with Gasteiger partial charge in [-0.05, 0) is 37.3 Å². The third-order valence-electron chi connectivity index (χ3n) is 4.55. The molecule has 1 aliphatic rings. The molecule has 2 unspecified atom stereocenters. The summed E-state index contributed by atoms with van der Waals surface area (Å²) in [5.41, 5.74) is 7.02. The molecule has 4 N–H and O–H groups in total. The highest BCUT2D eigenvalue weighted by Crippen LogP contribution is 2.36. The molecule has 21 heavy (non-hydrogen) atoms. The highest BCUT2D eigenvalue weighted by atomic mass is 15.3. The average Bonchev–Trinajstić information content (AvgIpc) is 3.05. The zero-order chi connectivity index (χ0) is 15.3. The Labute approximate surface area is 127 Å². The Morgan fingerprint density at radius 3 is 2.90 bits per heavy atom. The third-order valence-corrected chi connectivity index (χ3v) is 4.55. The van der Waals surface area contributed by atoms with Crippen molar-refractivity contribution in [1.29, 1.82) is 0 Å². The number of nitrogens with two attached hydrogens (primary N) is 1. The molecule has 0 radical (unpaired) electrons. The smallest absolute Gasteiger partial charge is 0.0962 e. The lowest BCUT2D eigenvalue weighted by Crippen LogP contribution is -2.38. The van der Waals surface area contributed by atoms with E-state index in [9.17, 15) is 0 Å². The molecular weight excluding hydrogens is 264 g/mol. The summed E-state index contributed by atoms with van der Waals surface area (Å²) in [5, 5.41) is 14.1. The van der Waals surface area contributed by atoms with E-state index < -0.39 is 0 Å². The maximum atomic E-state index is 5.68. The first-order chi connectivity index (χ1) is 10.0. The number of hydrogen-bond acceptors (Lipinski definition) is 5. The monoisotopic (exact) mass is 294 g/mol. The molecule has 0 bridgehead atoms. The molecule has 0 aromatic carbocycles. The fraction of sp³-hybridized carbons (Fsp3) is 0.867. The first kappa shape index (κ1) is 16.4. The largest absolute Gasteiger partial charge is 0.330 e. The van der Waals surface area contributed by atoms with E-state index in [1.807, 2.05) is 0 Å². The Morgan fingerprint density at radius 1 is 1.48 bits per heavy atom. The minimum Gasteiger partial charge on any atom is -0.330 e. The minimum absolute atomic E-state index is 0.377. The molecule has 120 valence electrons. The van der Waals surface area contributed by atoms with Gasteiger partial charge in [-0.15, -0.1) is 0 Å². The van der Waals surface area contributed by atoms with E-state index in [0.29, 0.717) is 11.5 Å². The van der Waals surface area contributed by atoms with E-state index >= 15 is 0 Å². The number of aromatic amines is 1. The van der Waals surface area contributed by atoms with E-state index in [2.05, 4.69) is 46.4 Å². The topological polar surface area (TPSA) is 82.9 Å². The van der Waals surface area contributed by atoms with Crippen LogP contribution in [0.25, 0.3) is 0 Å². The molecule has 0 spiro atoms. The summed E-state index contributed by atoms with van der Waals surface area (Å²) in [7, 11) is 0. The van der Waals surface area contributed by atoms with Crippen molar-refractivity contribution in [1.82, 2.24) is 25.6 Å². The Balaban J connectivity index is 1.84. The molecule has 2 heterocycles. The van der Waals surface area contributed by atoms with Crippen LogP contribution in [0, 0.1) is 11.3 Å². The summed E-state index contributed by atoms with van der Waals surface area (Å²) in [4.78, 5) is 2.61. The second kappa shape index (κ2) is 7.33. The van der Waals surface area contributed by atoms with Crippen LogP contribution in [0.2, 0.25) is 0 Å². The van der Waals surface area contributed by atoms with Gasteiger partial charge in [0, 0.05) is 25.7 Å². The molecule has 0 amide bonds. The van der Waals surface area contributed by atoms with Crippen molar-refractivity contribution in [3.05, 3.63) is 11.9 Å². The van der Waals surface area contributed by atoms with Crippen LogP contribution in [0.3, 0.4) is 0 Å². The second-order valence-corrected chi connectivity index (χ2v) is 7.18. The van der Waals surface area contributed by atoms with Crippen molar-refractivity contribution >= 4 is 0 Å². The van der Waals surface area contributed by atoms with Crippen LogP contribution in [-0.4, -0.2) is 52.5 Å². The Morgan fingerprint density at radius 2 is 2.29 bits per heavy atom. The van der Waals surface area contributed by atoms with Gasteiger partial charge < -0.3 is 11.1 Å². The zero-order valence-electron chi connectivity index (χ0n) is 13.6. The van der Waals surface area contributed by atoms with E-state index in [1.165, 1.54) is 13.0 Å². The van der Waals surface area contributed by atoms with E-state index in [4.69, 9.17) is 5.73 Å². The van der Waals surface area contributed by atoms with Crippen molar-refractivity contribution in [2.24, 2.45) is 17.1 Å². The number of nitrogens with one attached hydrogen (secondary N) is 2. The van der Waals surface area contributed by atoms with Gasteiger partial charge in [0.2, 0.25) is 0 Å². The van der Waals surface area contributed by atoms with Gasteiger partial charge in [0.1, 0.15) is 0 Å². The zero-order valence-corrected chi connectivity index (χ0v) is 13.6. The van der Waals surface area contributed by atoms with Gasteiger partial charge in [0.25, 0.3) is 0 Å². The second-order valence-electron chi connectivity index (χ2n) is 7.18. The Kier molecular flexibility index (Phi) is 5.72. The van der Waals surface area contributed by atoms with Crippen LogP contribution in [-0.2, 0) is 6.54 Å². The average molecular weight is 294 g/mol. The van der Waals surface area contributed by atoms with Crippen LogP contribution in [0.1, 0.15) is 39.3 Å². The lowest BCUT2D eigenvalue weighted by Gasteiger charge is -2.27. The summed E-state index contributed by atoms with van der Waals surface area (Å²) < 4.78 is 0. The van der Waals surface area contributed by atoms with Gasteiger partial charge in [-0.2, -0.15) is 15.4 Å². The molecule has 2 rings (SSSR count). The molecule has 1 aliphatic heterocycles. The van der Waals surface area contributed by atoms with Crippen LogP contribution >= 0.6 is 0 Å². The Hall–Kier alpha value is -0.980. The fourth-order valence-corrected chi connectivity index (χ4v) is 3.07. The molecule has 1 aromatic heterocycles. The summed E-state index contributed by atoms with van der Waals surface area (Å²) in [6.07, 6.45) is 4.11. The van der Waals surface area contributed by atoms with Gasteiger partial charge in [-0.1, -0.05) is 20.8 Å². The number of likely N-dealkylation sites (tertiary alicyclic amines) is 1. The summed E-state index contributed by atoms with van der Waals surface area (Å²) >= 11 is 0.